The van der Waals surface area contributed by atoms with Gasteiger partial charge in [0.2, 0.25) is 0 Å². The Labute approximate surface area is 212 Å². The van der Waals surface area contributed by atoms with Gasteiger partial charge >= 0.3 is 0 Å². The summed E-state index contributed by atoms with van der Waals surface area (Å²) < 4.78 is 12.9. The van der Waals surface area contributed by atoms with Gasteiger partial charge in [-0.05, 0) is 53.2 Å². The first-order valence-electron chi connectivity index (χ1n) is 12.5. The van der Waals surface area contributed by atoms with Crippen molar-refractivity contribution in [2.45, 2.75) is 0 Å². The molecular formula is C34H21NO2. The molecule has 0 unspecified atom stereocenters. The smallest absolute Gasteiger partial charge is 0.159 e. The molecule has 6 aromatic carbocycles. The van der Waals surface area contributed by atoms with Gasteiger partial charge in [-0.2, -0.15) is 0 Å². The minimum atomic E-state index is 0.863. The standard InChI is InChI=1S/C34H21NO2/c1-2-11-23(12-3-1)35(27-16-9-19-30-33(27)25-14-6-7-18-29(25)36-30)28-17-8-15-26-32-24-13-5-4-10-22(24)20-21-31(32)37-34(26)28/h1-21H. The third-order valence-electron chi connectivity index (χ3n) is 7.24. The third-order valence-corrected chi connectivity index (χ3v) is 7.24. The van der Waals surface area contributed by atoms with Crippen LogP contribution in [0.2, 0.25) is 0 Å². The molecule has 0 aliphatic carbocycles. The lowest BCUT2D eigenvalue weighted by Gasteiger charge is -2.26. The van der Waals surface area contributed by atoms with Gasteiger partial charge in [0.1, 0.15) is 16.7 Å². The van der Waals surface area contributed by atoms with E-state index in [1.807, 2.05) is 24.3 Å². The molecule has 0 spiro atoms. The summed E-state index contributed by atoms with van der Waals surface area (Å²) in [7, 11) is 0. The molecule has 0 aliphatic rings. The van der Waals surface area contributed by atoms with Crippen molar-refractivity contribution in [2.24, 2.45) is 0 Å². The van der Waals surface area contributed by atoms with E-state index in [4.69, 9.17) is 8.83 Å². The van der Waals surface area contributed by atoms with Crippen LogP contribution in [0.3, 0.4) is 0 Å². The molecule has 37 heavy (non-hydrogen) atoms. The lowest BCUT2D eigenvalue weighted by molar-refractivity contribution is 0.668. The molecule has 0 bridgehead atoms. The van der Waals surface area contributed by atoms with Crippen LogP contribution in [-0.4, -0.2) is 0 Å². The summed E-state index contributed by atoms with van der Waals surface area (Å²) in [6, 6.07) is 44.1. The van der Waals surface area contributed by atoms with Gasteiger partial charge in [0.25, 0.3) is 0 Å². The van der Waals surface area contributed by atoms with Crippen LogP contribution in [0.4, 0.5) is 17.1 Å². The number of furan rings is 2. The average Bonchev–Trinajstić information content (AvgIpc) is 3.53. The molecule has 0 fully saturated rings. The van der Waals surface area contributed by atoms with E-state index in [1.165, 1.54) is 10.8 Å². The predicted octanol–water partition coefficient (Wildman–Crippen LogP) is 10.1. The van der Waals surface area contributed by atoms with E-state index in [-0.39, 0.29) is 0 Å². The largest absolute Gasteiger partial charge is 0.456 e. The van der Waals surface area contributed by atoms with E-state index >= 15 is 0 Å². The Morgan fingerprint density at radius 3 is 2.00 bits per heavy atom. The molecule has 2 aromatic heterocycles. The number of nitrogens with zero attached hydrogens (tertiary/aromatic N) is 1. The molecule has 0 saturated heterocycles. The fraction of sp³-hybridized carbons (Fsp3) is 0. The Balaban J connectivity index is 1.49. The molecule has 0 N–H and O–H groups in total. The molecule has 8 aromatic rings. The summed E-state index contributed by atoms with van der Waals surface area (Å²) >= 11 is 0. The average molecular weight is 476 g/mol. The third kappa shape index (κ3) is 2.95. The van der Waals surface area contributed by atoms with Crippen molar-refractivity contribution < 1.29 is 8.83 Å². The number of hydrogen-bond acceptors (Lipinski definition) is 3. The Kier molecular flexibility index (Phi) is 4.23. The molecule has 0 saturated carbocycles. The molecule has 3 heteroatoms. The van der Waals surface area contributed by atoms with Crippen molar-refractivity contribution in [3.8, 4) is 0 Å². The first kappa shape index (κ1) is 20.2. The zero-order valence-electron chi connectivity index (χ0n) is 19.9. The molecule has 8 rings (SSSR count). The highest BCUT2D eigenvalue weighted by molar-refractivity contribution is 6.21. The summed E-state index contributed by atoms with van der Waals surface area (Å²) in [5.41, 5.74) is 6.59. The van der Waals surface area contributed by atoms with E-state index in [0.29, 0.717) is 0 Å². The fourth-order valence-electron chi connectivity index (χ4n) is 5.66. The van der Waals surface area contributed by atoms with Gasteiger partial charge in [-0.25, -0.2) is 0 Å². The van der Waals surface area contributed by atoms with Crippen molar-refractivity contribution in [1.29, 1.82) is 0 Å². The van der Waals surface area contributed by atoms with E-state index < -0.39 is 0 Å². The van der Waals surface area contributed by atoms with Gasteiger partial charge in [0.05, 0.1) is 16.8 Å². The van der Waals surface area contributed by atoms with Crippen LogP contribution in [0, 0.1) is 0 Å². The highest BCUT2D eigenvalue weighted by Crippen LogP contribution is 2.46. The highest BCUT2D eigenvalue weighted by atomic mass is 16.3. The lowest BCUT2D eigenvalue weighted by Crippen LogP contribution is -2.10. The summed E-state index contributed by atoms with van der Waals surface area (Å²) in [5, 5.41) is 6.84. The number of para-hydroxylation sites is 3. The Morgan fingerprint density at radius 2 is 1.08 bits per heavy atom. The predicted molar refractivity (Wildman–Crippen MR) is 153 cm³/mol. The number of hydrogen-bond donors (Lipinski definition) is 0. The minimum Gasteiger partial charge on any atom is -0.456 e. The SMILES string of the molecule is c1ccc(N(c2cccc3c2oc2ccc4ccccc4c23)c2cccc3oc4ccccc4c23)cc1. The molecule has 0 atom stereocenters. The molecule has 3 nitrogen and oxygen atoms in total. The minimum absolute atomic E-state index is 0.863. The summed E-state index contributed by atoms with van der Waals surface area (Å²) in [4.78, 5) is 2.29. The van der Waals surface area contributed by atoms with Crippen molar-refractivity contribution in [1.82, 2.24) is 0 Å². The van der Waals surface area contributed by atoms with E-state index in [0.717, 1.165) is 60.9 Å². The van der Waals surface area contributed by atoms with Crippen molar-refractivity contribution in [3.63, 3.8) is 0 Å². The maximum atomic E-state index is 6.63. The topological polar surface area (TPSA) is 29.5 Å². The van der Waals surface area contributed by atoms with Gasteiger partial charge in [-0.15, -0.1) is 0 Å². The van der Waals surface area contributed by atoms with E-state index in [9.17, 15) is 0 Å². The van der Waals surface area contributed by atoms with E-state index in [1.54, 1.807) is 0 Å². The number of rotatable bonds is 3. The van der Waals surface area contributed by atoms with Crippen LogP contribution in [0.1, 0.15) is 0 Å². The van der Waals surface area contributed by atoms with Gasteiger partial charge in [-0.3, -0.25) is 0 Å². The monoisotopic (exact) mass is 475 g/mol. The fourth-order valence-corrected chi connectivity index (χ4v) is 5.66. The normalized spacial score (nSPS) is 11.8. The summed E-state index contributed by atoms with van der Waals surface area (Å²) in [5.74, 6) is 0. The van der Waals surface area contributed by atoms with Crippen LogP contribution in [0.25, 0.3) is 54.6 Å². The highest BCUT2D eigenvalue weighted by Gasteiger charge is 2.23. The maximum Gasteiger partial charge on any atom is 0.159 e. The zero-order chi connectivity index (χ0) is 24.3. The molecule has 2 heterocycles. The van der Waals surface area contributed by atoms with Gasteiger partial charge < -0.3 is 13.7 Å². The molecule has 0 amide bonds. The van der Waals surface area contributed by atoms with Crippen LogP contribution >= 0.6 is 0 Å². The summed E-state index contributed by atoms with van der Waals surface area (Å²) in [6.45, 7) is 0. The van der Waals surface area contributed by atoms with Crippen LogP contribution in [-0.2, 0) is 0 Å². The van der Waals surface area contributed by atoms with Gasteiger partial charge in [0, 0.05) is 21.8 Å². The first-order chi connectivity index (χ1) is 18.4. The first-order valence-corrected chi connectivity index (χ1v) is 12.5. The number of anilines is 3. The molecule has 174 valence electrons. The Hall–Kier alpha value is -5.02. The van der Waals surface area contributed by atoms with Crippen LogP contribution in [0.5, 0.6) is 0 Å². The van der Waals surface area contributed by atoms with Crippen molar-refractivity contribution in [2.75, 3.05) is 4.90 Å². The Bertz CT molecular complexity index is 2100. The lowest BCUT2D eigenvalue weighted by atomic mass is 10.0. The number of fused-ring (bicyclic) bond motifs is 8. The second kappa shape index (κ2) is 7.74. The van der Waals surface area contributed by atoms with Crippen LogP contribution < -0.4 is 4.90 Å². The van der Waals surface area contributed by atoms with E-state index in [2.05, 4.69) is 108 Å². The van der Waals surface area contributed by atoms with Crippen molar-refractivity contribution >= 4 is 71.7 Å². The summed E-state index contributed by atoms with van der Waals surface area (Å²) in [6.07, 6.45) is 0. The zero-order valence-corrected chi connectivity index (χ0v) is 19.9. The quantitative estimate of drug-likeness (QED) is 0.255. The molecular weight excluding hydrogens is 454 g/mol. The Morgan fingerprint density at radius 1 is 0.405 bits per heavy atom. The second-order valence-electron chi connectivity index (χ2n) is 9.34. The van der Waals surface area contributed by atoms with Gasteiger partial charge in [0.15, 0.2) is 5.58 Å². The number of benzene rings is 6. The van der Waals surface area contributed by atoms with Crippen molar-refractivity contribution in [3.05, 3.63) is 127 Å². The van der Waals surface area contributed by atoms with Crippen LogP contribution in [0.15, 0.2) is 136 Å². The second-order valence-corrected chi connectivity index (χ2v) is 9.34. The molecule has 0 aliphatic heterocycles. The molecule has 0 radical (unpaired) electrons. The maximum absolute atomic E-state index is 6.63. The van der Waals surface area contributed by atoms with Gasteiger partial charge in [-0.1, -0.05) is 84.9 Å².